The first-order valence-electron chi connectivity index (χ1n) is 4.78. The summed E-state index contributed by atoms with van der Waals surface area (Å²) in [6.07, 6.45) is 1.16. The van der Waals surface area contributed by atoms with Crippen LogP contribution in [0.2, 0.25) is 0 Å². The van der Waals surface area contributed by atoms with Gasteiger partial charge >= 0.3 is 5.97 Å². The minimum Gasteiger partial charge on any atom is -0.478 e. The molecule has 0 fully saturated rings. The van der Waals surface area contributed by atoms with Gasteiger partial charge in [0.15, 0.2) is 9.84 Å². The number of carboxylic acid groups (broad SMARTS) is 1. The van der Waals surface area contributed by atoms with E-state index in [1.807, 2.05) is 0 Å². The molecule has 0 unspecified atom stereocenters. The van der Waals surface area contributed by atoms with Crippen LogP contribution in [0.3, 0.4) is 0 Å². The lowest BCUT2D eigenvalue weighted by atomic mass is 10.1. The molecule has 1 aromatic carbocycles. The van der Waals surface area contributed by atoms with E-state index in [0.29, 0.717) is 15.6 Å². The molecule has 0 aliphatic rings. The van der Waals surface area contributed by atoms with Gasteiger partial charge in [0.1, 0.15) is 0 Å². The molecule has 4 nitrogen and oxygen atoms in total. The van der Waals surface area contributed by atoms with Crippen LogP contribution in [0.5, 0.6) is 0 Å². The second-order valence-corrected chi connectivity index (χ2v) is 6.84. The monoisotopic (exact) mass is 270 g/mol. The molecule has 1 heterocycles. The molecular weight excluding hydrogens is 260 g/mol. The summed E-state index contributed by atoms with van der Waals surface area (Å²) in [6, 6.07) is 4.90. The molecule has 1 N–H and O–H groups in total. The largest absolute Gasteiger partial charge is 0.478 e. The smallest absolute Gasteiger partial charge is 0.337 e. The molecule has 2 aromatic rings. The zero-order valence-corrected chi connectivity index (χ0v) is 10.6. The number of carbonyl (C=O) groups is 1. The van der Waals surface area contributed by atoms with Gasteiger partial charge in [-0.25, -0.2) is 13.2 Å². The van der Waals surface area contributed by atoms with Crippen molar-refractivity contribution >= 4 is 37.2 Å². The zero-order valence-electron chi connectivity index (χ0n) is 9.00. The molecular formula is C11H10O4S2. The van der Waals surface area contributed by atoms with Crippen molar-refractivity contribution in [2.75, 3.05) is 6.26 Å². The van der Waals surface area contributed by atoms with E-state index in [0.717, 1.165) is 6.26 Å². The summed E-state index contributed by atoms with van der Waals surface area (Å²) >= 11 is 1.26. The van der Waals surface area contributed by atoms with Gasteiger partial charge in [0.2, 0.25) is 0 Å². The van der Waals surface area contributed by atoms with Crippen LogP contribution in [0.25, 0.3) is 10.1 Å². The molecule has 0 atom stereocenters. The van der Waals surface area contributed by atoms with Crippen LogP contribution in [0.4, 0.5) is 0 Å². The van der Waals surface area contributed by atoms with Crippen molar-refractivity contribution in [2.45, 2.75) is 5.75 Å². The number of rotatable bonds is 3. The van der Waals surface area contributed by atoms with Crippen LogP contribution in [0.1, 0.15) is 15.9 Å². The van der Waals surface area contributed by atoms with E-state index in [2.05, 4.69) is 0 Å². The topological polar surface area (TPSA) is 71.4 Å². The number of fused-ring (bicyclic) bond motifs is 1. The summed E-state index contributed by atoms with van der Waals surface area (Å²) in [6.45, 7) is 0. The number of aromatic carboxylic acids is 1. The third-order valence-electron chi connectivity index (χ3n) is 2.33. The summed E-state index contributed by atoms with van der Waals surface area (Å²) in [5.74, 6) is -1.06. The molecule has 6 heteroatoms. The van der Waals surface area contributed by atoms with E-state index in [1.54, 1.807) is 17.5 Å². The number of hydrogen-bond donors (Lipinski definition) is 1. The van der Waals surface area contributed by atoms with Crippen molar-refractivity contribution < 1.29 is 18.3 Å². The summed E-state index contributed by atoms with van der Waals surface area (Å²) in [5.41, 5.74) is 0.878. The van der Waals surface area contributed by atoms with E-state index in [-0.39, 0.29) is 11.3 Å². The standard InChI is InChI=1S/C11H10O4S2/c1-17(14,15)6-7-5-16-10-8(7)3-2-4-9(10)11(12)13/h2-5H,6H2,1H3,(H,12,13). The Hall–Kier alpha value is -1.40. The highest BCUT2D eigenvalue weighted by molar-refractivity contribution is 7.89. The quantitative estimate of drug-likeness (QED) is 0.927. The first-order valence-corrected chi connectivity index (χ1v) is 7.72. The minimum atomic E-state index is -3.11. The molecule has 0 spiro atoms. The van der Waals surface area contributed by atoms with Crippen LogP contribution in [0, 0.1) is 0 Å². The molecule has 0 saturated heterocycles. The van der Waals surface area contributed by atoms with Gasteiger partial charge < -0.3 is 5.11 Å². The van der Waals surface area contributed by atoms with Crippen molar-refractivity contribution in [3.05, 3.63) is 34.7 Å². The fourth-order valence-corrected chi connectivity index (χ4v) is 3.66. The van der Waals surface area contributed by atoms with Crippen molar-refractivity contribution in [3.63, 3.8) is 0 Å². The van der Waals surface area contributed by atoms with Crippen molar-refractivity contribution in [1.29, 1.82) is 0 Å². The van der Waals surface area contributed by atoms with Crippen LogP contribution < -0.4 is 0 Å². The Kier molecular flexibility index (Phi) is 2.92. The van der Waals surface area contributed by atoms with Crippen LogP contribution in [-0.4, -0.2) is 25.7 Å². The Morgan fingerprint density at radius 3 is 2.71 bits per heavy atom. The lowest BCUT2D eigenvalue weighted by Gasteiger charge is -1.99. The average Bonchev–Trinajstić information content (AvgIpc) is 2.59. The SMILES string of the molecule is CS(=O)(=O)Cc1csc2c(C(=O)O)cccc12. The maximum atomic E-state index is 11.2. The Bertz CT molecular complexity index is 683. The summed E-state index contributed by atoms with van der Waals surface area (Å²) < 4.78 is 23.1. The van der Waals surface area contributed by atoms with Gasteiger partial charge in [-0.3, -0.25) is 0 Å². The number of thiophene rings is 1. The maximum Gasteiger partial charge on any atom is 0.337 e. The molecule has 0 saturated carbocycles. The fourth-order valence-electron chi connectivity index (χ4n) is 1.67. The first kappa shape index (κ1) is 12.1. The number of benzene rings is 1. The second-order valence-electron chi connectivity index (χ2n) is 3.82. The molecule has 0 aliphatic heterocycles. The van der Waals surface area contributed by atoms with Crippen LogP contribution in [-0.2, 0) is 15.6 Å². The number of sulfone groups is 1. The zero-order chi connectivity index (χ0) is 12.6. The molecule has 0 amide bonds. The van der Waals surface area contributed by atoms with Crippen LogP contribution in [0.15, 0.2) is 23.6 Å². The van der Waals surface area contributed by atoms with Gasteiger partial charge in [0.25, 0.3) is 0 Å². The Morgan fingerprint density at radius 1 is 1.41 bits per heavy atom. The maximum absolute atomic E-state index is 11.2. The van der Waals surface area contributed by atoms with Crippen molar-refractivity contribution in [3.8, 4) is 0 Å². The molecule has 2 rings (SSSR count). The first-order chi connectivity index (χ1) is 7.88. The molecule has 90 valence electrons. The average molecular weight is 270 g/mol. The van der Waals surface area contributed by atoms with E-state index in [9.17, 15) is 13.2 Å². The highest BCUT2D eigenvalue weighted by Gasteiger charge is 2.14. The number of hydrogen-bond acceptors (Lipinski definition) is 4. The van der Waals surface area contributed by atoms with Gasteiger partial charge in [0, 0.05) is 11.0 Å². The Morgan fingerprint density at radius 2 is 2.12 bits per heavy atom. The second kappa shape index (κ2) is 4.12. The molecule has 1 aromatic heterocycles. The lowest BCUT2D eigenvalue weighted by molar-refractivity contribution is 0.0699. The van der Waals surface area contributed by atoms with E-state index in [4.69, 9.17) is 5.11 Å². The normalized spacial score (nSPS) is 11.8. The Labute approximate surface area is 102 Å². The van der Waals surface area contributed by atoms with Crippen molar-refractivity contribution in [1.82, 2.24) is 0 Å². The van der Waals surface area contributed by atoms with E-state index < -0.39 is 15.8 Å². The predicted molar refractivity (Wildman–Crippen MR) is 67.3 cm³/mol. The highest BCUT2D eigenvalue weighted by Crippen LogP contribution is 2.30. The fraction of sp³-hybridized carbons (Fsp3) is 0.182. The minimum absolute atomic E-state index is 0.0595. The summed E-state index contributed by atoms with van der Waals surface area (Å²) in [4.78, 5) is 11.0. The predicted octanol–water partition coefficient (Wildman–Crippen LogP) is 2.14. The molecule has 17 heavy (non-hydrogen) atoms. The third kappa shape index (κ3) is 2.48. The molecule has 0 bridgehead atoms. The van der Waals surface area contributed by atoms with E-state index >= 15 is 0 Å². The van der Waals surface area contributed by atoms with Gasteiger partial charge in [-0.15, -0.1) is 11.3 Å². The van der Waals surface area contributed by atoms with Gasteiger partial charge in [-0.1, -0.05) is 12.1 Å². The number of carboxylic acids is 1. The molecule has 0 radical (unpaired) electrons. The van der Waals surface area contributed by atoms with E-state index in [1.165, 1.54) is 17.4 Å². The Balaban J connectivity index is 2.63. The van der Waals surface area contributed by atoms with Gasteiger partial charge in [-0.05, 0) is 22.4 Å². The highest BCUT2D eigenvalue weighted by atomic mass is 32.2. The van der Waals surface area contributed by atoms with Crippen LogP contribution >= 0.6 is 11.3 Å². The van der Waals surface area contributed by atoms with Crippen molar-refractivity contribution in [2.24, 2.45) is 0 Å². The summed E-state index contributed by atoms with van der Waals surface area (Å²) in [7, 11) is -3.11. The van der Waals surface area contributed by atoms with Gasteiger partial charge in [-0.2, -0.15) is 0 Å². The third-order valence-corrected chi connectivity index (χ3v) is 4.24. The van der Waals surface area contributed by atoms with Gasteiger partial charge in [0.05, 0.1) is 11.3 Å². The lowest BCUT2D eigenvalue weighted by Crippen LogP contribution is -2.00. The summed E-state index contributed by atoms with van der Waals surface area (Å²) in [5, 5.41) is 11.4. The molecule has 0 aliphatic carbocycles.